The van der Waals surface area contributed by atoms with Gasteiger partial charge in [0.1, 0.15) is 0 Å². The number of rotatable bonds is 2. The minimum Gasteiger partial charge on any atom is -0.399 e. The summed E-state index contributed by atoms with van der Waals surface area (Å²) in [5.41, 5.74) is 10.8. The molecule has 2 N–H and O–H groups in total. The van der Waals surface area contributed by atoms with Crippen molar-refractivity contribution < 1.29 is 4.39 Å². The summed E-state index contributed by atoms with van der Waals surface area (Å²) in [5, 5.41) is -1.46. The van der Waals surface area contributed by atoms with Crippen molar-refractivity contribution in [2.75, 3.05) is 17.2 Å². The van der Waals surface area contributed by atoms with E-state index >= 15 is 0 Å². The first-order chi connectivity index (χ1) is 9.45. The molecule has 2 aromatic carbocycles. The van der Waals surface area contributed by atoms with E-state index in [2.05, 4.69) is 29.4 Å². The average Bonchev–Trinajstić information content (AvgIpc) is 2.80. The zero-order valence-corrected chi connectivity index (χ0v) is 13.3. The normalized spacial score (nSPS) is 14.4. The first-order valence-corrected chi connectivity index (χ1v) is 7.64. The topological polar surface area (TPSA) is 29.3 Å². The Balaban J connectivity index is 1.93. The van der Waals surface area contributed by atoms with Crippen molar-refractivity contribution in [3.05, 3.63) is 53.6 Å². The molecule has 0 fully saturated rings. The summed E-state index contributed by atoms with van der Waals surface area (Å²) in [6.45, 7) is 0.931. The van der Waals surface area contributed by atoms with Gasteiger partial charge < -0.3 is 10.6 Å². The Morgan fingerprint density at radius 3 is 2.45 bits per heavy atom. The van der Waals surface area contributed by atoms with Crippen LogP contribution in [0.4, 0.5) is 21.5 Å². The molecule has 0 radical (unpaired) electrons. The van der Waals surface area contributed by atoms with E-state index in [1.54, 1.807) is 0 Å². The summed E-state index contributed by atoms with van der Waals surface area (Å²) in [6, 6.07) is 13.6. The molecule has 0 aromatic heterocycles. The van der Waals surface area contributed by atoms with Gasteiger partial charge in [-0.2, -0.15) is 0 Å². The van der Waals surface area contributed by atoms with Crippen molar-refractivity contribution in [1.82, 2.24) is 0 Å². The van der Waals surface area contributed by atoms with Gasteiger partial charge in [0.15, 0.2) is 5.15 Å². The largest absolute Gasteiger partial charge is 0.399 e. The van der Waals surface area contributed by atoms with Gasteiger partial charge in [0.2, 0.25) is 0 Å². The predicted molar refractivity (Wildman–Crippen MR) is 90.2 cm³/mol. The molecule has 0 amide bonds. The number of benzene rings is 2. The van der Waals surface area contributed by atoms with Gasteiger partial charge in [-0.25, -0.2) is 4.39 Å². The number of fused-ring (bicyclic) bond motifs is 1. The van der Waals surface area contributed by atoms with E-state index in [0.29, 0.717) is 5.56 Å². The second kappa shape index (κ2) is 4.98. The molecule has 104 valence electrons. The number of halogens is 1. The monoisotopic (exact) mass is 306 g/mol. The molecule has 2 unspecified atom stereocenters. The molecule has 20 heavy (non-hydrogen) atoms. The molecule has 0 bridgehead atoms. The third-order valence-corrected chi connectivity index (χ3v) is 4.29. The number of nitrogens with two attached hydrogens (primary N) is 1. The highest BCUT2D eigenvalue weighted by atomic mass is 31.1. The Morgan fingerprint density at radius 1 is 1.10 bits per heavy atom. The van der Waals surface area contributed by atoms with Crippen LogP contribution >= 0.6 is 18.5 Å². The van der Waals surface area contributed by atoms with Crippen molar-refractivity contribution in [2.24, 2.45) is 0 Å². The zero-order chi connectivity index (χ0) is 14.3. The number of hydrogen-bond donors (Lipinski definition) is 1. The summed E-state index contributed by atoms with van der Waals surface area (Å²) in [6.07, 6.45) is 0.989. The molecule has 2 aromatic rings. The van der Waals surface area contributed by atoms with Crippen LogP contribution in [0.5, 0.6) is 0 Å². The number of anilines is 3. The van der Waals surface area contributed by atoms with Crippen molar-refractivity contribution in [3.63, 3.8) is 0 Å². The number of nitrogen functional groups attached to an aromatic ring is 1. The van der Waals surface area contributed by atoms with Gasteiger partial charge in [-0.1, -0.05) is 30.6 Å². The molecule has 2 atom stereocenters. The second-order valence-corrected chi connectivity index (χ2v) is 7.45. The quantitative estimate of drug-likeness (QED) is 0.675. The Kier molecular flexibility index (Phi) is 3.44. The van der Waals surface area contributed by atoms with E-state index in [1.165, 1.54) is 11.3 Å². The molecule has 3 rings (SSSR count). The summed E-state index contributed by atoms with van der Waals surface area (Å²) in [4.78, 5) is 2.24. The zero-order valence-electron chi connectivity index (χ0n) is 11.0. The van der Waals surface area contributed by atoms with E-state index < -0.39 is 5.15 Å². The minimum absolute atomic E-state index is 0.632. The number of alkyl halides is 1. The molecular weight excluding hydrogens is 289 g/mol. The average molecular weight is 306 g/mol. The standard InChI is InChI=1S/C15H17FN2P2/c16-15(19,20)11-1-4-13(5-2-11)18-8-7-10-9-12(17)3-6-14(10)18/h1-6,9H,7-8,17,19-20H2. The number of hydrogen-bond acceptors (Lipinski definition) is 2. The lowest BCUT2D eigenvalue weighted by molar-refractivity contribution is 0.423. The van der Waals surface area contributed by atoms with Crippen molar-refractivity contribution in [3.8, 4) is 0 Å². The molecule has 0 saturated heterocycles. The highest BCUT2D eigenvalue weighted by molar-refractivity contribution is 7.38. The maximum Gasteiger partial charge on any atom is 0.160 e. The van der Waals surface area contributed by atoms with Crippen LogP contribution in [0, 0.1) is 0 Å². The highest BCUT2D eigenvalue weighted by Crippen LogP contribution is 2.41. The van der Waals surface area contributed by atoms with E-state index in [-0.39, 0.29) is 0 Å². The Bertz CT molecular complexity index is 635. The van der Waals surface area contributed by atoms with Crippen LogP contribution < -0.4 is 10.6 Å². The van der Waals surface area contributed by atoms with Gasteiger partial charge in [-0.05, 0) is 47.9 Å². The molecule has 1 aliphatic rings. The van der Waals surface area contributed by atoms with Crippen LogP contribution in [0.15, 0.2) is 42.5 Å². The van der Waals surface area contributed by atoms with Gasteiger partial charge in [0.05, 0.1) is 0 Å². The molecule has 0 saturated carbocycles. The highest BCUT2D eigenvalue weighted by Gasteiger charge is 2.22. The van der Waals surface area contributed by atoms with Crippen molar-refractivity contribution in [2.45, 2.75) is 11.6 Å². The van der Waals surface area contributed by atoms with Crippen molar-refractivity contribution >= 4 is 35.5 Å². The predicted octanol–water partition coefficient (Wildman–Crippen LogP) is 3.79. The Morgan fingerprint density at radius 2 is 1.80 bits per heavy atom. The van der Waals surface area contributed by atoms with E-state index in [9.17, 15) is 4.39 Å². The SMILES string of the molecule is Nc1ccc2c(c1)CCN2c1ccc(C(F)(P)P)cc1. The third-order valence-electron chi connectivity index (χ3n) is 3.62. The lowest BCUT2D eigenvalue weighted by Crippen LogP contribution is -2.13. The summed E-state index contributed by atoms with van der Waals surface area (Å²) < 4.78 is 13.8. The molecular formula is C15H17FN2P2. The van der Waals surface area contributed by atoms with Gasteiger partial charge in [-0.3, -0.25) is 0 Å². The Labute approximate surface area is 123 Å². The van der Waals surface area contributed by atoms with Crippen LogP contribution in [0.25, 0.3) is 0 Å². The van der Waals surface area contributed by atoms with Crippen molar-refractivity contribution in [1.29, 1.82) is 0 Å². The summed E-state index contributed by atoms with van der Waals surface area (Å²) in [5.74, 6) is 0. The maximum absolute atomic E-state index is 13.8. The van der Waals surface area contributed by atoms with Gasteiger partial charge in [0, 0.05) is 23.6 Å². The minimum atomic E-state index is -1.46. The van der Waals surface area contributed by atoms with Crippen LogP contribution in [0.2, 0.25) is 0 Å². The smallest absolute Gasteiger partial charge is 0.160 e. The summed E-state index contributed by atoms with van der Waals surface area (Å²) in [7, 11) is 4.38. The van der Waals surface area contributed by atoms with E-state index in [4.69, 9.17) is 5.73 Å². The fourth-order valence-corrected chi connectivity index (χ4v) is 2.97. The molecule has 0 aliphatic carbocycles. The van der Waals surface area contributed by atoms with Crippen LogP contribution in [0.3, 0.4) is 0 Å². The van der Waals surface area contributed by atoms with Crippen LogP contribution in [0.1, 0.15) is 11.1 Å². The fourth-order valence-electron chi connectivity index (χ4n) is 2.59. The number of nitrogens with zero attached hydrogens (tertiary/aromatic N) is 1. The molecule has 5 heteroatoms. The van der Waals surface area contributed by atoms with Crippen LogP contribution in [-0.4, -0.2) is 6.54 Å². The molecule has 2 nitrogen and oxygen atoms in total. The van der Waals surface area contributed by atoms with Gasteiger partial charge in [-0.15, -0.1) is 0 Å². The molecule has 1 heterocycles. The maximum atomic E-state index is 13.8. The third kappa shape index (κ3) is 2.53. The molecule has 0 spiro atoms. The molecule has 1 aliphatic heterocycles. The first kappa shape index (κ1) is 13.8. The lowest BCUT2D eigenvalue weighted by atomic mass is 10.1. The van der Waals surface area contributed by atoms with Crippen LogP contribution in [-0.2, 0) is 11.6 Å². The lowest BCUT2D eigenvalue weighted by Gasteiger charge is -2.21. The van der Waals surface area contributed by atoms with E-state index in [0.717, 1.165) is 24.3 Å². The Hall–Kier alpha value is -1.17. The summed E-state index contributed by atoms with van der Waals surface area (Å²) >= 11 is 0. The first-order valence-electron chi connectivity index (χ1n) is 6.48. The van der Waals surface area contributed by atoms with E-state index in [1.807, 2.05) is 36.4 Å². The van der Waals surface area contributed by atoms with Gasteiger partial charge in [0.25, 0.3) is 0 Å². The fraction of sp³-hybridized carbons (Fsp3) is 0.200. The van der Waals surface area contributed by atoms with Gasteiger partial charge >= 0.3 is 0 Å². The second-order valence-electron chi connectivity index (χ2n) is 5.10.